The van der Waals surface area contributed by atoms with Crippen molar-refractivity contribution in [3.63, 3.8) is 0 Å². The number of nitro groups is 1. The smallest absolute Gasteiger partial charge is 0.269 e. The number of nitrogen functional groups attached to an aromatic ring is 1. The third-order valence-electron chi connectivity index (χ3n) is 2.55. The molecule has 0 saturated heterocycles. The Morgan fingerprint density at radius 3 is 2.67 bits per heavy atom. The summed E-state index contributed by atoms with van der Waals surface area (Å²) >= 11 is 1.29. The van der Waals surface area contributed by atoms with Gasteiger partial charge in [0.2, 0.25) is 0 Å². The normalized spacial score (nSPS) is 10.0. The van der Waals surface area contributed by atoms with E-state index in [4.69, 9.17) is 11.0 Å². The van der Waals surface area contributed by atoms with E-state index in [1.54, 1.807) is 19.1 Å². The van der Waals surface area contributed by atoms with Crippen LogP contribution in [0.5, 0.6) is 0 Å². The van der Waals surface area contributed by atoms with Gasteiger partial charge in [0.1, 0.15) is 10.9 Å². The Kier molecular flexibility index (Phi) is 3.00. The van der Waals surface area contributed by atoms with Crippen molar-refractivity contribution in [3.8, 4) is 16.5 Å². The Hall–Kier alpha value is -2.39. The molecule has 0 aliphatic carbocycles. The maximum absolute atomic E-state index is 10.7. The Bertz CT molecular complexity index is 670. The minimum absolute atomic E-state index is 0.0567. The first-order valence-electron chi connectivity index (χ1n) is 5.07. The topological polar surface area (TPSA) is 92.9 Å². The molecule has 0 saturated carbocycles. The molecule has 2 aromatic rings. The van der Waals surface area contributed by atoms with E-state index in [9.17, 15) is 10.1 Å². The molecule has 0 aliphatic heterocycles. The van der Waals surface area contributed by atoms with Gasteiger partial charge in [0.25, 0.3) is 5.69 Å². The molecule has 0 spiro atoms. The molecule has 1 aromatic heterocycles. The second kappa shape index (κ2) is 4.47. The average Bonchev–Trinajstić information content (AvgIpc) is 2.70. The number of aryl methyl sites for hydroxylation is 1. The molecule has 2 rings (SSSR count). The largest absolute Gasteiger partial charge is 0.397 e. The summed E-state index contributed by atoms with van der Waals surface area (Å²) in [7, 11) is 0. The fourth-order valence-electron chi connectivity index (χ4n) is 1.66. The lowest BCUT2D eigenvalue weighted by Crippen LogP contribution is -1.89. The number of nitrogens with zero attached hydrogens (tertiary/aromatic N) is 2. The van der Waals surface area contributed by atoms with E-state index in [1.165, 1.54) is 23.5 Å². The molecule has 2 N–H and O–H groups in total. The van der Waals surface area contributed by atoms with Crippen molar-refractivity contribution < 1.29 is 4.92 Å². The van der Waals surface area contributed by atoms with Crippen LogP contribution in [0.15, 0.2) is 24.3 Å². The number of benzene rings is 1. The van der Waals surface area contributed by atoms with Crippen molar-refractivity contribution in [3.05, 3.63) is 44.8 Å². The molecule has 18 heavy (non-hydrogen) atoms. The predicted molar refractivity (Wildman–Crippen MR) is 70.3 cm³/mol. The minimum Gasteiger partial charge on any atom is -0.397 e. The molecule has 0 amide bonds. The van der Waals surface area contributed by atoms with Crippen molar-refractivity contribution >= 4 is 22.7 Å². The SMILES string of the molecule is Cc1cc([N+](=O)[O-])ccc1-c1cc(N)c(C#N)s1. The van der Waals surface area contributed by atoms with Crippen LogP contribution in [0, 0.1) is 28.4 Å². The quantitative estimate of drug-likeness (QED) is 0.662. The van der Waals surface area contributed by atoms with Gasteiger partial charge in [-0.3, -0.25) is 10.1 Å². The molecule has 90 valence electrons. The number of rotatable bonds is 2. The van der Waals surface area contributed by atoms with E-state index >= 15 is 0 Å². The molecule has 0 radical (unpaired) electrons. The average molecular weight is 259 g/mol. The first kappa shape index (κ1) is 12.1. The van der Waals surface area contributed by atoms with E-state index in [-0.39, 0.29) is 5.69 Å². The summed E-state index contributed by atoms with van der Waals surface area (Å²) in [4.78, 5) is 11.5. The Labute approximate surface area is 107 Å². The van der Waals surface area contributed by atoms with Gasteiger partial charge >= 0.3 is 0 Å². The van der Waals surface area contributed by atoms with Gasteiger partial charge in [0, 0.05) is 17.0 Å². The molecule has 0 bridgehead atoms. The van der Waals surface area contributed by atoms with E-state index in [0.717, 1.165) is 16.0 Å². The van der Waals surface area contributed by atoms with Crippen LogP contribution in [0.1, 0.15) is 10.4 Å². The lowest BCUT2D eigenvalue weighted by Gasteiger charge is -2.02. The van der Waals surface area contributed by atoms with E-state index in [2.05, 4.69) is 0 Å². The second-order valence-electron chi connectivity index (χ2n) is 3.76. The van der Waals surface area contributed by atoms with Crippen molar-refractivity contribution in [2.75, 3.05) is 5.73 Å². The van der Waals surface area contributed by atoms with E-state index in [0.29, 0.717) is 10.6 Å². The van der Waals surface area contributed by atoms with Gasteiger partial charge in [0.05, 0.1) is 10.6 Å². The number of thiophene rings is 1. The van der Waals surface area contributed by atoms with Gasteiger partial charge < -0.3 is 5.73 Å². The summed E-state index contributed by atoms with van der Waals surface area (Å²) in [6.45, 7) is 1.80. The van der Waals surface area contributed by atoms with Gasteiger partial charge in [-0.05, 0) is 30.2 Å². The van der Waals surface area contributed by atoms with Crippen molar-refractivity contribution in [2.24, 2.45) is 0 Å². The lowest BCUT2D eigenvalue weighted by molar-refractivity contribution is -0.384. The number of nitrogens with two attached hydrogens (primary N) is 1. The predicted octanol–water partition coefficient (Wildman–Crippen LogP) is 3.09. The van der Waals surface area contributed by atoms with Crippen molar-refractivity contribution in [1.82, 2.24) is 0 Å². The molecule has 6 heteroatoms. The zero-order valence-corrected chi connectivity index (χ0v) is 10.3. The van der Waals surface area contributed by atoms with Gasteiger partial charge in [0.15, 0.2) is 0 Å². The van der Waals surface area contributed by atoms with Crippen LogP contribution in [0.25, 0.3) is 10.4 Å². The number of nitriles is 1. The third-order valence-corrected chi connectivity index (χ3v) is 3.64. The maximum atomic E-state index is 10.7. The molecule has 0 atom stereocenters. The Balaban J connectivity index is 2.51. The molecule has 1 aromatic carbocycles. The number of anilines is 1. The van der Waals surface area contributed by atoms with Crippen molar-refractivity contribution in [1.29, 1.82) is 5.26 Å². The highest BCUT2D eigenvalue weighted by atomic mass is 32.1. The molecule has 1 heterocycles. The first-order chi connectivity index (χ1) is 8.52. The summed E-state index contributed by atoms with van der Waals surface area (Å²) in [6.07, 6.45) is 0. The zero-order chi connectivity index (χ0) is 13.3. The standard InChI is InChI=1S/C12H9N3O2S/c1-7-4-8(15(16)17)2-3-9(7)11-5-10(14)12(6-13)18-11/h2-5H,14H2,1H3. The number of nitro benzene ring substituents is 1. The molecule has 0 unspecified atom stereocenters. The molecular formula is C12H9N3O2S. The van der Waals surface area contributed by atoms with Gasteiger partial charge in [-0.25, -0.2) is 0 Å². The third kappa shape index (κ3) is 2.04. The summed E-state index contributed by atoms with van der Waals surface area (Å²) in [5, 5.41) is 19.5. The fraction of sp³-hybridized carbons (Fsp3) is 0.0833. The van der Waals surface area contributed by atoms with Crippen molar-refractivity contribution in [2.45, 2.75) is 6.92 Å². The van der Waals surface area contributed by atoms with Gasteiger partial charge in [-0.1, -0.05) is 0 Å². The van der Waals surface area contributed by atoms with Crippen LogP contribution in [-0.4, -0.2) is 4.92 Å². The fourth-order valence-corrected chi connectivity index (χ4v) is 2.63. The van der Waals surface area contributed by atoms with Crippen LogP contribution >= 0.6 is 11.3 Å². The second-order valence-corrected chi connectivity index (χ2v) is 4.82. The van der Waals surface area contributed by atoms with Crippen LogP contribution in [0.2, 0.25) is 0 Å². The van der Waals surface area contributed by atoms with Gasteiger partial charge in [-0.15, -0.1) is 11.3 Å². The highest BCUT2D eigenvalue weighted by Gasteiger charge is 2.13. The summed E-state index contributed by atoms with van der Waals surface area (Å²) in [6, 6.07) is 8.38. The van der Waals surface area contributed by atoms with Crippen LogP contribution < -0.4 is 5.73 Å². The Morgan fingerprint density at radius 2 is 2.17 bits per heavy atom. The summed E-state index contributed by atoms with van der Waals surface area (Å²) < 4.78 is 0. The molecule has 0 aliphatic rings. The van der Waals surface area contributed by atoms with E-state index < -0.39 is 4.92 Å². The molecular weight excluding hydrogens is 250 g/mol. The first-order valence-corrected chi connectivity index (χ1v) is 5.89. The lowest BCUT2D eigenvalue weighted by atomic mass is 10.1. The summed E-state index contributed by atoms with van der Waals surface area (Å²) in [5.74, 6) is 0. The highest BCUT2D eigenvalue weighted by Crippen LogP contribution is 2.35. The van der Waals surface area contributed by atoms with Crippen LogP contribution in [0.3, 0.4) is 0 Å². The number of hydrogen-bond acceptors (Lipinski definition) is 5. The summed E-state index contributed by atoms with van der Waals surface area (Å²) in [5.41, 5.74) is 7.84. The Morgan fingerprint density at radius 1 is 1.44 bits per heavy atom. The van der Waals surface area contributed by atoms with E-state index in [1.807, 2.05) is 6.07 Å². The maximum Gasteiger partial charge on any atom is 0.269 e. The number of non-ortho nitro benzene ring substituents is 1. The number of hydrogen-bond donors (Lipinski definition) is 1. The van der Waals surface area contributed by atoms with Gasteiger partial charge in [-0.2, -0.15) is 5.26 Å². The van der Waals surface area contributed by atoms with Crippen LogP contribution in [0.4, 0.5) is 11.4 Å². The zero-order valence-electron chi connectivity index (χ0n) is 9.51. The minimum atomic E-state index is -0.430. The monoisotopic (exact) mass is 259 g/mol. The molecule has 0 fully saturated rings. The van der Waals surface area contributed by atoms with Crippen LogP contribution in [-0.2, 0) is 0 Å². The molecule has 5 nitrogen and oxygen atoms in total. The highest BCUT2D eigenvalue weighted by molar-refractivity contribution is 7.16.